The van der Waals surface area contributed by atoms with Crippen molar-refractivity contribution in [3.05, 3.63) is 42.7 Å². The molecule has 7 nitrogen and oxygen atoms in total. The van der Waals surface area contributed by atoms with E-state index in [0.717, 1.165) is 0 Å². The molecule has 1 aromatic carbocycles. The third kappa shape index (κ3) is 4.68. The molecule has 2 heterocycles. The van der Waals surface area contributed by atoms with Gasteiger partial charge in [0.15, 0.2) is 0 Å². The smallest absolute Gasteiger partial charge is 0.321 e. The van der Waals surface area contributed by atoms with E-state index in [9.17, 15) is 18.8 Å². The van der Waals surface area contributed by atoms with Crippen LogP contribution >= 0.6 is 0 Å². The second-order valence-corrected chi connectivity index (χ2v) is 7.05. The SMILES string of the molecule is C=CC(=O)N1CCC(C(=O)N2CCN(C(=O)Nc3ccc(F)cc3)CC2)CC1. The van der Waals surface area contributed by atoms with Crippen molar-refractivity contribution in [2.24, 2.45) is 5.92 Å². The molecule has 4 amide bonds. The molecular formula is C20H25FN4O3. The minimum atomic E-state index is -0.357. The highest BCUT2D eigenvalue weighted by Crippen LogP contribution is 2.21. The Bertz CT molecular complexity index is 736. The van der Waals surface area contributed by atoms with Gasteiger partial charge in [-0.1, -0.05) is 6.58 Å². The number of nitrogens with zero attached hydrogens (tertiary/aromatic N) is 3. The molecule has 1 N–H and O–H groups in total. The molecule has 8 heteroatoms. The van der Waals surface area contributed by atoms with Gasteiger partial charge in [-0.15, -0.1) is 0 Å². The lowest BCUT2D eigenvalue weighted by Gasteiger charge is -2.38. The highest BCUT2D eigenvalue weighted by atomic mass is 19.1. The number of carbonyl (C=O) groups excluding carboxylic acids is 3. The molecule has 0 radical (unpaired) electrons. The van der Waals surface area contributed by atoms with Crippen molar-refractivity contribution < 1.29 is 18.8 Å². The second-order valence-electron chi connectivity index (χ2n) is 7.05. The predicted molar refractivity (Wildman–Crippen MR) is 103 cm³/mol. The van der Waals surface area contributed by atoms with Gasteiger partial charge in [0.1, 0.15) is 5.82 Å². The van der Waals surface area contributed by atoms with Gasteiger partial charge < -0.3 is 20.0 Å². The monoisotopic (exact) mass is 388 g/mol. The van der Waals surface area contributed by atoms with Crippen LogP contribution in [0.1, 0.15) is 12.8 Å². The first-order valence-corrected chi connectivity index (χ1v) is 9.49. The average molecular weight is 388 g/mol. The van der Waals surface area contributed by atoms with Crippen LogP contribution in [-0.2, 0) is 9.59 Å². The number of urea groups is 1. The van der Waals surface area contributed by atoms with E-state index in [-0.39, 0.29) is 29.6 Å². The maximum atomic E-state index is 12.9. The molecule has 2 aliphatic rings. The van der Waals surface area contributed by atoms with Crippen LogP contribution in [0, 0.1) is 11.7 Å². The molecule has 0 aliphatic carbocycles. The third-order valence-electron chi connectivity index (χ3n) is 5.30. The first-order valence-electron chi connectivity index (χ1n) is 9.49. The molecule has 0 spiro atoms. The van der Waals surface area contributed by atoms with Gasteiger partial charge >= 0.3 is 6.03 Å². The summed E-state index contributed by atoms with van der Waals surface area (Å²) in [5.41, 5.74) is 0.533. The number of likely N-dealkylation sites (tertiary alicyclic amines) is 1. The minimum absolute atomic E-state index is 0.0755. The molecular weight excluding hydrogens is 363 g/mol. The highest BCUT2D eigenvalue weighted by molar-refractivity contribution is 5.89. The summed E-state index contributed by atoms with van der Waals surface area (Å²) in [6.45, 7) is 6.51. The molecule has 3 rings (SSSR count). The van der Waals surface area contributed by atoms with Gasteiger partial charge in [0.25, 0.3) is 0 Å². The summed E-state index contributed by atoms with van der Waals surface area (Å²) in [6, 6.07) is 5.35. The summed E-state index contributed by atoms with van der Waals surface area (Å²) in [5.74, 6) is -0.422. The van der Waals surface area contributed by atoms with Crippen LogP contribution in [0.2, 0.25) is 0 Å². The second kappa shape index (κ2) is 8.86. The number of benzene rings is 1. The van der Waals surface area contributed by atoms with Crippen LogP contribution in [-0.4, -0.2) is 71.8 Å². The Kier molecular flexibility index (Phi) is 6.28. The number of nitrogens with one attached hydrogen (secondary N) is 1. The largest absolute Gasteiger partial charge is 0.339 e. The zero-order valence-electron chi connectivity index (χ0n) is 15.8. The van der Waals surface area contributed by atoms with E-state index in [1.165, 1.54) is 30.3 Å². The number of hydrogen-bond acceptors (Lipinski definition) is 3. The summed E-state index contributed by atoms with van der Waals surface area (Å²) in [6.07, 6.45) is 2.62. The molecule has 0 bridgehead atoms. The van der Waals surface area contributed by atoms with Crippen molar-refractivity contribution in [2.45, 2.75) is 12.8 Å². The van der Waals surface area contributed by atoms with Gasteiger partial charge in [-0.2, -0.15) is 0 Å². The molecule has 28 heavy (non-hydrogen) atoms. The van der Waals surface area contributed by atoms with Crippen LogP contribution < -0.4 is 5.32 Å². The first kappa shape index (κ1) is 19.9. The lowest BCUT2D eigenvalue weighted by molar-refractivity contribution is -0.140. The predicted octanol–water partition coefficient (Wildman–Crippen LogP) is 1.93. The summed E-state index contributed by atoms with van der Waals surface area (Å²) in [7, 11) is 0. The molecule has 2 aliphatic heterocycles. The van der Waals surface area contributed by atoms with Gasteiger partial charge in [-0.25, -0.2) is 9.18 Å². The lowest BCUT2D eigenvalue weighted by atomic mass is 9.95. The van der Waals surface area contributed by atoms with Crippen molar-refractivity contribution in [3.8, 4) is 0 Å². The van der Waals surface area contributed by atoms with Crippen molar-refractivity contribution in [1.29, 1.82) is 0 Å². The first-order chi connectivity index (χ1) is 13.5. The number of piperazine rings is 1. The Morgan fingerprint density at radius 1 is 0.929 bits per heavy atom. The van der Waals surface area contributed by atoms with Crippen LogP contribution in [0.3, 0.4) is 0 Å². The minimum Gasteiger partial charge on any atom is -0.339 e. The zero-order chi connectivity index (χ0) is 20.1. The Hall–Kier alpha value is -2.90. The van der Waals surface area contributed by atoms with E-state index in [4.69, 9.17) is 0 Å². The third-order valence-corrected chi connectivity index (χ3v) is 5.30. The summed E-state index contributed by atoms with van der Waals surface area (Å²) < 4.78 is 12.9. The Morgan fingerprint density at radius 2 is 1.50 bits per heavy atom. The maximum absolute atomic E-state index is 12.9. The number of rotatable bonds is 3. The van der Waals surface area contributed by atoms with Crippen LogP contribution in [0.25, 0.3) is 0 Å². The number of hydrogen-bond donors (Lipinski definition) is 1. The zero-order valence-corrected chi connectivity index (χ0v) is 15.8. The molecule has 0 aromatic heterocycles. The lowest BCUT2D eigenvalue weighted by Crippen LogP contribution is -2.53. The fraction of sp³-hybridized carbons (Fsp3) is 0.450. The molecule has 150 valence electrons. The van der Waals surface area contributed by atoms with Gasteiger partial charge in [0.2, 0.25) is 11.8 Å². The Labute approximate surface area is 163 Å². The molecule has 1 aromatic rings. The number of anilines is 1. The van der Waals surface area contributed by atoms with Gasteiger partial charge in [-0.3, -0.25) is 9.59 Å². The maximum Gasteiger partial charge on any atom is 0.321 e. The van der Waals surface area contributed by atoms with Crippen LogP contribution in [0.5, 0.6) is 0 Å². The number of halogens is 1. The van der Waals surface area contributed by atoms with Crippen LogP contribution in [0.15, 0.2) is 36.9 Å². The van der Waals surface area contributed by atoms with Crippen LogP contribution in [0.4, 0.5) is 14.9 Å². The summed E-state index contributed by atoms with van der Waals surface area (Å²) >= 11 is 0. The highest BCUT2D eigenvalue weighted by Gasteiger charge is 2.32. The van der Waals surface area contributed by atoms with E-state index >= 15 is 0 Å². The molecule has 0 saturated carbocycles. The van der Waals surface area contributed by atoms with E-state index < -0.39 is 0 Å². The Balaban J connectivity index is 1.45. The van der Waals surface area contributed by atoms with E-state index in [2.05, 4.69) is 11.9 Å². The van der Waals surface area contributed by atoms with E-state index in [1.54, 1.807) is 14.7 Å². The van der Waals surface area contributed by atoms with Crippen molar-refractivity contribution in [3.63, 3.8) is 0 Å². The topological polar surface area (TPSA) is 73.0 Å². The molecule has 0 atom stereocenters. The molecule has 2 saturated heterocycles. The fourth-order valence-corrected chi connectivity index (χ4v) is 3.60. The summed E-state index contributed by atoms with van der Waals surface area (Å²) in [5, 5.41) is 2.74. The van der Waals surface area contributed by atoms with Gasteiger partial charge in [-0.05, 0) is 43.2 Å². The summed E-state index contributed by atoms with van der Waals surface area (Å²) in [4.78, 5) is 41.9. The van der Waals surface area contributed by atoms with Crippen molar-refractivity contribution in [1.82, 2.24) is 14.7 Å². The molecule has 0 unspecified atom stereocenters. The van der Waals surface area contributed by atoms with Gasteiger partial charge in [0, 0.05) is 50.9 Å². The van der Waals surface area contributed by atoms with E-state index in [0.29, 0.717) is 57.8 Å². The average Bonchev–Trinajstić information content (AvgIpc) is 2.74. The number of piperidine rings is 1. The van der Waals surface area contributed by atoms with E-state index in [1.807, 2.05) is 0 Å². The normalized spacial score (nSPS) is 18.0. The standard InChI is InChI=1S/C20H25FN4O3/c1-2-18(26)23-9-7-15(8-10-23)19(27)24-11-13-25(14-12-24)20(28)22-17-5-3-16(21)4-6-17/h2-6,15H,1,7-14H2,(H,22,28). The van der Waals surface area contributed by atoms with Crippen molar-refractivity contribution >= 4 is 23.5 Å². The Morgan fingerprint density at radius 3 is 2.07 bits per heavy atom. The molecule has 2 fully saturated rings. The quantitative estimate of drug-likeness (QED) is 0.804. The number of carbonyl (C=O) groups is 3. The van der Waals surface area contributed by atoms with Gasteiger partial charge in [0.05, 0.1) is 0 Å². The van der Waals surface area contributed by atoms with Crippen molar-refractivity contribution in [2.75, 3.05) is 44.6 Å². The number of amides is 4. The fourth-order valence-electron chi connectivity index (χ4n) is 3.60.